The molecule has 0 aliphatic heterocycles. The number of nitrogens with one attached hydrogen (secondary N) is 1. The summed E-state index contributed by atoms with van der Waals surface area (Å²) < 4.78 is 0. The summed E-state index contributed by atoms with van der Waals surface area (Å²) in [5.41, 5.74) is 1.56. The van der Waals surface area contributed by atoms with Gasteiger partial charge in [-0.3, -0.25) is 4.79 Å². The maximum Gasteiger partial charge on any atom is 0.335 e. The third-order valence-corrected chi connectivity index (χ3v) is 2.95. The zero-order valence-electron chi connectivity index (χ0n) is 10.9. The van der Waals surface area contributed by atoms with Crippen LogP contribution in [0.25, 0.3) is 6.08 Å². The summed E-state index contributed by atoms with van der Waals surface area (Å²) in [4.78, 5) is 22.4. The summed E-state index contributed by atoms with van der Waals surface area (Å²) in [6.07, 6.45) is 3.06. The Kier molecular flexibility index (Phi) is 4.74. The lowest BCUT2D eigenvalue weighted by molar-refractivity contribution is -0.111. The van der Waals surface area contributed by atoms with Gasteiger partial charge in [0.15, 0.2) is 0 Å². The number of benzene rings is 2. The first kappa shape index (κ1) is 14.8. The van der Waals surface area contributed by atoms with Crippen molar-refractivity contribution in [2.45, 2.75) is 0 Å². The average molecular weight is 302 g/mol. The predicted octanol–water partition coefficient (Wildman–Crippen LogP) is 3.69. The molecule has 0 aliphatic carbocycles. The van der Waals surface area contributed by atoms with Crippen LogP contribution in [0.3, 0.4) is 0 Å². The molecule has 106 valence electrons. The molecule has 5 heteroatoms. The van der Waals surface area contributed by atoms with Crippen molar-refractivity contribution < 1.29 is 14.7 Å². The van der Waals surface area contributed by atoms with Crippen LogP contribution < -0.4 is 5.32 Å². The number of halogens is 1. The lowest BCUT2D eigenvalue weighted by Gasteiger charge is -2.02. The van der Waals surface area contributed by atoms with E-state index in [0.717, 1.165) is 5.56 Å². The summed E-state index contributed by atoms with van der Waals surface area (Å²) in [5, 5.41) is 12.1. The minimum absolute atomic E-state index is 0.171. The Balaban J connectivity index is 1.98. The zero-order chi connectivity index (χ0) is 15.2. The molecule has 21 heavy (non-hydrogen) atoms. The Morgan fingerprint density at radius 2 is 1.62 bits per heavy atom. The molecule has 0 radical (unpaired) electrons. The van der Waals surface area contributed by atoms with Crippen LogP contribution in [-0.2, 0) is 4.79 Å². The Hall–Kier alpha value is -2.59. The van der Waals surface area contributed by atoms with E-state index >= 15 is 0 Å². The second kappa shape index (κ2) is 6.72. The van der Waals surface area contributed by atoms with Crippen molar-refractivity contribution in [3.05, 3.63) is 70.8 Å². The van der Waals surface area contributed by atoms with Gasteiger partial charge in [0.2, 0.25) is 5.91 Å². The summed E-state index contributed by atoms with van der Waals surface area (Å²) in [6.45, 7) is 0. The summed E-state index contributed by atoms with van der Waals surface area (Å²) in [7, 11) is 0. The third-order valence-electron chi connectivity index (χ3n) is 2.70. The first-order valence-corrected chi connectivity index (χ1v) is 6.50. The molecule has 2 aromatic rings. The lowest BCUT2D eigenvalue weighted by Crippen LogP contribution is -2.08. The fraction of sp³-hybridized carbons (Fsp3) is 0. The van der Waals surface area contributed by atoms with Gasteiger partial charge in [-0.05, 0) is 48.0 Å². The molecule has 0 aromatic heterocycles. The molecule has 4 nitrogen and oxygen atoms in total. The minimum atomic E-state index is -1.00. The molecule has 0 saturated carbocycles. The molecule has 1 amide bonds. The molecular formula is C16H12ClNO3. The van der Waals surface area contributed by atoms with E-state index in [1.54, 1.807) is 30.3 Å². The maximum atomic E-state index is 11.7. The average Bonchev–Trinajstić information content (AvgIpc) is 2.47. The molecule has 0 spiro atoms. The van der Waals surface area contributed by atoms with E-state index in [4.69, 9.17) is 16.7 Å². The topological polar surface area (TPSA) is 66.4 Å². The molecule has 0 heterocycles. The van der Waals surface area contributed by atoms with Gasteiger partial charge in [0.25, 0.3) is 0 Å². The number of carboxylic acids is 1. The quantitative estimate of drug-likeness (QED) is 0.846. The van der Waals surface area contributed by atoms with E-state index in [9.17, 15) is 9.59 Å². The van der Waals surface area contributed by atoms with Gasteiger partial charge in [0.05, 0.1) is 5.56 Å². The summed E-state index contributed by atoms with van der Waals surface area (Å²) in [6, 6.07) is 13.0. The Morgan fingerprint density at radius 1 is 1.00 bits per heavy atom. The smallest absolute Gasteiger partial charge is 0.335 e. The van der Waals surface area contributed by atoms with Crippen molar-refractivity contribution in [3.8, 4) is 0 Å². The second-order valence-corrected chi connectivity index (χ2v) is 4.69. The molecule has 0 bridgehead atoms. The number of amides is 1. The lowest BCUT2D eigenvalue weighted by atomic mass is 10.2. The number of anilines is 1. The fourth-order valence-electron chi connectivity index (χ4n) is 1.63. The second-order valence-electron chi connectivity index (χ2n) is 4.26. The highest BCUT2D eigenvalue weighted by Crippen LogP contribution is 2.12. The minimum Gasteiger partial charge on any atom is -0.478 e. The van der Waals surface area contributed by atoms with E-state index in [-0.39, 0.29) is 11.5 Å². The van der Waals surface area contributed by atoms with E-state index < -0.39 is 5.97 Å². The van der Waals surface area contributed by atoms with Gasteiger partial charge in [0.1, 0.15) is 0 Å². The number of carboxylic acid groups (broad SMARTS) is 1. The molecule has 2 aromatic carbocycles. The van der Waals surface area contributed by atoms with Crippen LogP contribution in [0.15, 0.2) is 54.6 Å². The van der Waals surface area contributed by atoms with Crippen LogP contribution in [0.4, 0.5) is 5.69 Å². The van der Waals surface area contributed by atoms with Gasteiger partial charge >= 0.3 is 5.97 Å². The van der Waals surface area contributed by atoms with Gasteiger partial charge < -0.3 is 10.4 Å². The Morgan fingerprint density at radius 3 is 2.19 bits per heavy atom. The number of hydrogen-bond acceptors (Lipinski definition) is 2. The van der Waals surface area contributed by atoms with Gasteiger partial charge in [0, 0.05) is 16.8 Å². The van der Waals surface area contributed by atoms with Crippen molar-refractivity contribution in [1.82, 2.24) is 0 Å². The van der Waals surface area contributed by atoms with Crippen molar-refractivity contribution in [3.63, 3.8) is 0 Å². The number of aromatic carboxylic acids is 1. The van der Waals surface area contributed by atoms with E-state index in [0.29, 0.717) is 10.7 Å². The van der Waals surface area contributed by atoms with Crippen molar-refractivity contribution >= 4 is 35.2 Å². The third kappa shape index (κ3) is 4.47. The summed E-state index contributed by atoms with van der Waals surface area (Å²) >= 11 is 5.77. The normalized spacial score (nSPS) is 10.5. The van der Waals surface area contributed by atoms with Crippen LogP contribution in [-0.4, -0.2) is 17.0 Å². The van der Waals surface area contributed by atoms with Gasteiger partial charge in [-0.2, -0.15) is 0 Å². The molecule has 0 fully saturated rings. The highest BCUT2D eigenvalue weighted by atomic mass is 35.5. The highest BCUT2D eigenvalue weighted by molar-refractivity contribution is 6.30. The van der Waals surface area contributed by atoms with E-state index in [1.807, 2.05) is 0 Å². The van der Waals surface area contributed by atoms with Gasteiger partial charge in [-0.15, -0.1) is 0 Å². The SMILES string of the molecule is O=C(/C=C/c1ccc(Cl)cc1)Nc1ccc(C(=O)O)cc1. The number of hydrogen-bond donors (Lipinski definition) is 2. The Bertz CT molecular complexity index is 676. The van der Waals surface area contributed by atoms with Crippen LogP contribution >= 0.6 is 11.6 Å². The van der Waals surface area contributed by atoms with Crippen molar-refractivity contribution in [1.29, 1.82) is 0 Å². The molecular weight excluding hydrogens is 290 g/mol. The van der Waals surface area contributed by atoms with E-state index in [2.05, 4.69) is 5.32 Å². The zero-order valence-corrected chi connectivity index (χ0v) is 11.7. The van der Waals surface area contributed by atoms with E-state index in [1.165, 1.54) is 30.3 Å². The maximum absolute atomic E-state index is 11.7. The first-order chi connectivity index (χ1) is 10.0. The molecule has 0 aliphatic rings. The largest absolute Gasteiger partial charge is 0.478 e. The molecule has 0 saturated heterocycles. The van der Waals surface area contributed by atoms with Gasteiger partial charge in [-0.1, -0.05) is 23.7 Å². The van der Waals surface area contributed by atoms with Gasteiger partial charge in [-0.25, -0.2) is 4.79 Å². The molecule has 2 rings (SSSR count). The van der Waals surface area contributed by atoms with Crippen molar-refractivity contribution in [2.75, 3.05) is 5.32 Å². The van der Waals surface area contributed by atoms with Crippen molar-refractivity contribution in [2.24, 2.45) is 0 Å². The van der Waals surface area contributed by atoms with Crippen LogP contribution in [0.2, 0.25) is 5.02 Å². The molecule has 0 unspecified atom stereocenters. The number of carbonyl (C=O) groups excluding carboxylic acids is 1. The number of carbonyl (C=O) groups is 2. The summed E-state index contributed by atoms with van der Waals surface area (Å²) in [5.74, 6) is -1.30. The predicted molar refractivity (Wildman–Crippen MR) is 82.5 cm³/mol. The number of rotatable bonds is 4. The first-order valence-electron chi connectivity index (χ1n) is 6.12. The molecule has 0 atom stereocenters. The van der Waals surface area contributed by atoms with Crippen LogP contribution in [0, 0.1) is 0 Å². The van der Waals surface area contributed by atoms with Crippen LogP contribution in [0.1, 0.15) is 15.9 Å². The Labute approximate surface area is 126 Å². The fourth-order valence-corrected chi connectivity index (χ4v) is 1.75. The molecule has 2 N–H and O–H groups in total. The van der Waals surface area contributed by atoms with Crippen LogP contribution in [0.5, 0.6) is 0 Å². The monoisotopic (exact) mass is 301 g/mol. The highest BCUT2D eigenvalue weighted by Gasteiger charge is 2.02. The standard InChI is InChI=1S/C16H12ClNO3/c17-13-6-1-11(2-7-13)3-10-15(19)18-14-8-4-12(5-9-14)16(20)21/h1-10H,(H,18,19)(H,20,21)/b10-3+.